The highest BCUT2D eigenvalue weighted by Crippen LogP contribution is 2.37. The van der Waals surface area contributed by atoms with Gasteiger partial charge in [-0.15, -0.1) is 0 Å². The van der Waals surface area contributed by atoms with Crippen LogP contribution in [0.4, 0.5) is 4.39 Å². The van der Waals surface area contributed by atoms with Crippen molar-refractivity contribution >= 4 is 22.2 Å². The summed E-state index contributed by atoms with van der Waals surface area (Å²) in [6.07, 6.45) is 6.77. The number of nitrogens with two attached hydrogens (primary N) is 1. The summed E-state index contributed by atoms with van der Waals surface area (Å²) in [6.45, 7) is 9.26. The number of benzene rings is 1. The minimum absolute atomic E-state index is 0.204. The molecule has 1 aliphatic heterocycles. The molecule has 0 radical (unpaired) electrons. The number of piperidine rings is 1. The van der Waals surface area contributed by atoms with E-state index < -0.39 is 0 Å². The molecule has 1 saturated carbocycles. The Morgan fingerprint density at radius 2 is 2.03 bits per heavy atom. The van der Waals surface area contributed by atoms with Gasteiger partial charge in [0.2, 0.25) is 0 Å². The molecule has 1 unspecified atom stereocenters. The zero-order chi connectivity index (χ0) is 22.7. The van der Waals surface area contributed by atoms with Crippen molar-refractivity contribution in [2.75, 3.05) is 13.1 Å². The van der Waals surface area contributed by atoms with Gasteiger partial charge >= 0.3 is 0 Å². The molecule has 6 rings (SSSR count). The van der Waals surface area contributed by atoms with Crippen LogP contribution in [0.15, 0.2) is 49.2 Å². The molecule has 4 heterocycles. The topological polar surface area (TPSA) is 51.5 Å². The quantitative estimate of drug-likeness (QED) is 0.461. The maximum Gasteiger partial charge on any atom is 0.138 e. The summed E-state index contributed by atoms with van der Waals surface area (Å²) in [5.74, 6) is 0.498. The number of hydrogen-bond acceptors (Lipinski definition) is 3. The number of aromatic nitrogens is 3. The molecule has 0 amide bonds. The van der Waals surface area contributed by atoms with E-state index in [1.165, 1.54) is 12.8 Å². The van der Waals surface area contributed by atoms with Crippen molar-refractivity contribution in [3.63, 3.8) is 0 Å². The lowest BCUT2D eigenvalue weighted by molar-refractivity contribution is 0.296. The van der Waals surface area contributed by atoms with E-state index in [9.17, 15) is 4.39 Å². The molecule has 0 bridgehead atoms. The van der Waals surface area contributed by atoms with Gasteiger partial charge in [-0.2, -0.15) is 0 Å². The molecule has 3 aromatic heterocycles. The smallest absolute Gasteiger partial charge is 0.138 e. The average Bonchev–Trinajstić information content (AvgIpc) is 3.48. The zero-order valence-electron chi connectivity index (χ0n) is 19.1. The van der Waals surface area contributed by atoms with Crippen LogP contribution in [-0.4, -0.2) is 38.0 Å². The molecule has 1 aliphatic carbocycles. The first-order chi connectivity index (χ1) is 16.0. The number of pyridine rings is 1. The van der Waals surface area contributed by atoms with Gasteiger partial charge in [-0.05, 0) is 74.9 Å². The van der Waals surface area contributed by atoms with Gasteiger partial charge in [-0.3, -0.25) is 0 Å². The van der Waals surface area contributed by atoms with Gasteiger partial charge in [0, 0.05) is 59.7 Å². The second-order valence-corrected chi connectivity index (χ2v) is 9.77. The summed E-state index contributed by atoms with van der Waals surface area (Å²) < 4.78 is 18.4. The van der Waals surface area contributed by atoms with Crippen molar-refractivity contribution in [3.8, 4) is 11.4 Å². The van der Waals surface area contributed by atoms with Crippen LogP contribution in [0.3, 0.4) is 0 Å². The number of nitrogens with zero attached hydrogens (tertiary/aromatic N) is 4. The molecule has 1 atom stereocenters. The predicted octanol–water partition coefficient (Wildman–Crippen LogP) is 5.21. The molecule has 0 spiro atoms. The Morgan fingerprint density at radius 1 is 1.18 bits per heavy atom. The summed E-state index contributed by atoms with van der Waals surface area (Å²) in [5.41, 5.74) is 13.3. The zero-order valence-corrected chi connectivity index (χ0v) is 19.1. The number of likely N-dealkylation sites (tertiary alicyclic amines) is 1. The highest BCUT2D eigenvalue weighted by Gasteiger charge is 2.26. The molecule has 2 N–H and O–H groups in total. The molecule has 1 saturated heterocycles. The number of imidazole rings is 1. The third-order valence-electron chi connectivity index (χ3n) is 7.28. The van der Waals surface area contributed by atoms with Crippen LogP contribution in [0.1, 0.15) is 36.9 Å². The Hall–Kier alpha value is -3.12. The predicted molar refractivity (Wildman–Crippen MR) is 131 cm³/mol. The van der Waals surface area contributed by atoms with Crippen LogP contribution in [0.2, 0.25) is 0 Å². The van der Waals surface area contributed by atoms with Gasteiger partial charge in [-0.1, -0.05) is 6.58 Å². The maximum absolute atomic E-state index is 14.0. The molecule has 1 aromatic carbocycles. The van der Waals surface area contributed by atoms with Gasteiger partial charge in [0.25, 0.3) is 0 Å². The van der Waals surface area contributed by atoms with Crippen molar-refractivity contribution in [1.29, 1.82) is 0 Å². The van der Waals surface area contributed by atoms with Gasteiger partial charge in [0.05, 0.1) is 5.69 Å². The van der Waals surface area contributed by atoms with E-state index in [0.717, 1.165) is 77.4 Å². The Morgan fingerprint density at radius 3 is 2.82 bits per heavy atom. The second-order valence-electron chi connectivity index (χ2n) is 9.77. The largest absolute Gasteiger partial charge is 0.370 e. The summed E-state index contributed by atoms with van der Waals surface area (Å²) in [5, 5.41) is 0.928. The number of aryl methyl sites for hydroxylation is 1. The number of fused-ring (bicyclic) bond motifs is 2. The Balaban J connectivity index is 1.42. The fourth-order valence-electron chi connectivity index (χ4n) is 5.22. The van der Waals surface area contributed by atoms with Crippen LogP contribution in [0.5, 0.6) is 0 Å². The van der Waals surface area contributed by atoms with Crippen LogP contribution in [-0.2, 0) is 6.54 Å². The van der Waals surface area contributed by atoms with E-state index in [0.29, 0.717) is 5.92 Å². The lowest BCUT2D eigenvalue weighted by atomic mass is 10.0. The highest BCUT2D eigenvalue weighted by molar-refractivity contribution is 5.87. The van der Waals surface area contributed by atoms with E-state index in [1.807, 2.05) is 6.07 Å². The van der Waals surface area contributed by atoms with Crippen molar-refractivity contribution < 1.29 is 4.39 Å². The van der Waals surface area contributed by atoms with E-state index in [2.05, 4.69) is 51.8 Å². The van der Waals surface area contributed by atoms with Crippen LogP contribution >= 0.6 is 0 Å². The number of hydrogen-bond donors (Lipinski definition) is 1. The minimum Gasteiger partial charge on any atom is -0.370 e. The lowest BCUT2D eigenvalue weighted by Gasteiger charge is -2.34. The van der Waals surface area contributed by atoms with Crippen molar-refractivity contribution in [3.05, 3.63) is 66.2 Å². The third kappa shape index (κ3) is 3.62. The first kappa shape index (κ1) is 20.5. The van der Waals surface area contributed by atoms with Gasteiger partial charge in [0.1, 0.15) is 17.2 Å². The van der Waals surface area contributed by atoms with Crippen LogP contribution in [0, 0.1) is 18.7 Å². The summed E-state index contributed by atoms with van der Waals surface area (Å²) >= 11 is 0. The molecule has 2 fully saturated rings. The molecule has 4 aromatic rings. The monoisotopic (exact) mass is 443 g/mol. The average molecular weight is 444 g/mol. The lowest BCUT2D eigenvalue weighted by Crippen LogP contribution is -2.41. The minimum atomic E-state index is -0.204. The first-order valence-corrected chi connectivity index (χ1v) is 12.0. The van der Waals surface area contributed by atoms with Crippen molar-refractivity contribution in [1.82, 2.24) is 18.9 Å². The fraction of sp³-hybridized carbons (Fsp3) is 0.370. The third-order valence-corrected chi connectivity index (χ3v) is 7.28. The van der Waals surface area contributed by atoms with E-state index in [1.54, 1.807) is 12.1 Å². The maximum atomic E-state index is 14.0. The Bertz CT molecular complexity index is 1380. The molecular formula is C27H30FN5. The summed E-state index contributed by atoms with van der Waals surface area (Å²) in [4.78, 5) is 7.35. The van der Waals surface area contributed by atoms with Crippen molar-refractivity contribution in [2.45, 2.75) is 45.2 Å². The number of rotatable bonds is 5. The van der Waals surface area contributed by atoms with Crippen molar-refractivity contribution in [2.24, 2.45) is 11.7 Å². The summed E-state index contributed by atoms with van der Waals surface area (Å²) in [6, 6.07) is 11.6. The van der Waals surface area contributed by atoms with E-state index >= 15 is 0 Å². The summed E-state index contributed by atoms with van der Waals surface area (Å²) in [7, 11) is 0. The molecule has 170 valence electrons. The molecule has 6 heteroatoms. The number of halogens is 1. The van der Waals surface area contributed by atoms with Gasteiger partial charge < -0.3 is 19.6 Å². The second kappa shape index (κ2) is 7.73. The SMILES string of the molecule is C=C(c1ccn2c(C)c(-c3cc4cc(F)ccc4n3CC3CC3)nc2c1)N1CCCC(N)C1. The molecule has 5 nitrogen and oxygen atoms in total. The normalized spacial score (nSPS) is 19.0. The Labute approximate surface area is 193 Å². The highest BCUT2D eigenvalue weighted by atomic mass is 19.1. The van der Waals surface area contributed by atoms with Gasteiger partial charge in [0.15, 0.2) is 0 Å². The van der Waals surface area contributed by atoms with Gasteiger partial charge in [-0.25, -0.2) is 9.37 Å². The fourth-order valence-corrected chi connectivity index (χ4v) is 5.22. The van der Waals surface area contributed by atoms with E-state index in [-0.39, 0.29) is 11.9 Å². The van der Waals surface area contributed by atoms with Crippen LogP contribution < -0.4 is 5.73 Å². The first-order valence-electron chi connectivity index (χ1n) is 12.0. The Kier molecular flexibility index (Phi) is 4.80. The van der Waals surface area contributed by atoms with Crippen LogP contribution in [0.25, 0.3) is 33.6 Å². The molecule has 33 heavy (non-hydrogen) atoms. The standard InChI is InChI=1S/C27H30FN5/c1-17(31-10-3-4-23(29)16-31)20-9-11-32-18(2)27(30-26(32)14-20)25-13-21-12-22(28)7-8-24(21)33(25)15-19-5-6-19/h7-9,11-14,19,23H,1,3-6,10,15-16,29H2,2H3. The molecular weight excluding hydrogens is 413 g/mol. The molecule has 2 aliphatic rings. The van der Waals surface area contributed by atoms with E-state index in [4.69, 9.17) is 10.7 Å².